The van der Waals surface area contributed by atoms with Gasteiger partial charge in [-0.3, -0.25) is 0 Å². The van der Waals surface area contributed by atoms with Gasteiger partial charge in [0, 0.05) is 18.0 Å². The highest BCUT2D eigenvalue weighted by Gasteiger charge is 2.24. The van der Waals surface area contributed by atoms with Gasteiger partial charge in [0.15, 0.2) is 5.96 Å². The Bertz CT molecular complexity index is 508. The minimum absolute atomic E-state index is 0.359. The van der Waals surface area contributed by atoms with Crippen LogP contribution in [0.15, 0.2) is 22.5 Å². The number of rotatable bonds is 8. The summed E-state index contributed by atoms with van der Waals surface area (Å²) in [5, 5.41) is 19.4. The van der Waals surface area contributed by atoms with E-state index in [4.69, 9.17) is 0 Å². The number of thiophene rings is 1. The number of nitrogens with zero attached hydrogens (tertiary/aromatic N) is 2. The average Bonchev–Trinajstić information content (AvgIpc) is 3.14. The number of likely N-dealkylation sites (tertiary alicyclic amines) is 1. The van der Waals surface area contributed by atoms with Crippen LogP contribution in [0.2, 0.25) is 0 Å². The van der Waals surface area contributed by atoms with E-state index >= 15 is 0 Å². The Morgan fingerprint density at radius 2 is 2.12 bits per heavy atom. The molecule has 0 amide bonds. The molecule has 1 aliphatic rings. The number of nitrogens with one attached hydrogen (secondary N) is 2. The SMILES string of the molecule is CCCN1CCC(CNC(=NCC(C)(O)c2cccs2)NCC)CC1. The molecule has 25 heavy (non-hydrogen) atoms. The quantitative estimate of drug-likeness (QED) is 0.489. The third-order valence-electron chi connectivity index (χ3n) is 4.75. The zero-order valence-corrected chi connectivity index (χ0v) is 16.7. The van der Waals surface area contributed by atoms with Crippen LogP contribution in [0.1, 0.15) is 44.9 Å². The third kappa shape index (κ3) is 6.60. The van der Waals surface area contributed by atoms with E-state index in [2.05, 4.69) is 34.4 Å². The van der Waals surface area contributed by atoms with E-state index in [0.717, 1.165) is 23.9 Å². The molecule has 1 saturated heterocycles. The van der Waals surface area contributed by atoms with Crippen molar-refractivity contribution in [1.82, 2.24) is 15.5 Å². The number of piperidine rings is 1. The van der Waals surface area contributed by atoms with Gasteiger partial charge >= 0.3 is 0 Å². The van der Waals surface area contributed by atoms with Crippen LogP contribution in [0.5, 0.6) is 0 Å². The molecule has 6 heteroatoms. The van der Waals surface area contributed by atoms with Crippen molar-refractivity contribution in [2.24, 2.45) is 10.9 Å². The Kier molecular flexibility index (Phi) is 8.19. The molecule has 0 radical (unpaired) electrons. The van der Waals surface area contributed by atoms with Crippen molar-refractivity contribution in [1.29, 1.82) is 0 Å². The molecule has 0 spiro atoms. The lowest BCUT2D eigenvalue weighted by atomic mass is 9.97. The van der Waals surface area contributed by atoms with Crippen LogP contribution in [0.25, 0.3) is 0 Å². The number of aliphatic hydroxyl groups is 1. The van der Waals surface area contributed by atoms with Gasteiger partial charge in [-0.25, -0.2) is 4.99 Å². The summed E-state index contributed by atoms with van der Waals surface area (Å²) in [5.74, 6) is 1.50. The Morgan fingerprint density at radius 1 is 1.36 bits per heavy atom. The fourth-order valence-electron chi connectivity index (χ4n) is 3.21. The zero-order chi connectivity index (χ0) is 18.1. The highest BCUT2D eigenvalue weighted by molar-refractivity contribution is 7.10. The Labute approximate surface area is 156 Å². The van der Waals surface area contributed by atoms with Crippen LogP contribution in [-0.4, -0.2) is 55.2 Å². The fourth-order valence-corrected chi connectivity index (χ4v) is 3.99. The number of hydrogen-bond acceptors (Lipinski definition) is 4. The summed E-state index contributed by atoms with van der Waals surface area (Å²) in [5.41, 5.74) is -0.915. The Hall–Kier alpha value is -1.11. The van der Waals surface area contributed by atoms with E-state index in [-0.39, 0.29) is 0 Å². The first-order chi connectivity index (χ1) is 12.0. The normalized spacial score (nSPS) is 19.6. The lowest BCUT2D eigenvalue weighted by Crippen LogP contribution is -2.43. The molecule has 1 unspecified atom stereocenters. The van der Waals surface area contributed by atoms with Crippen molar-refractivity contribution in [3.05, 3.63) is 22.4 Å². The van der Waals surface area contributed by atoms with E-state index in [9.17, 15) is 5.11 Å². The molecule has 2 heterocycles. The first kappa shape index (κ1) is 20.2. The number of guanidine groups is 1. The standard InChI is InChI=1S/C19H34N4OS/c1-4-10-23-11-8-16(9-12-23)14-21-18(20-5-2)22-15-19(3,24)17-7-6-13-25-17/h6-7,13,16,24H,4-5,8-12,14-15H2,1-3H3,(H2,20,21,22). The molecule has 0 aromatic carbocycles. The van der Waals surface area contributed by atoms with E-state index < -0.39 is 5.60 Å². The van der Waals surface area contributed by atoms with Crippen molar-refractivity contribution < 1.29 is 5.11 Å². The minimum Gasteiger partial charge on any atom is -0.383 e. The van der Waals surface area contributed by atoms with Crippen LogP contribution in [0.4, 0.5) is 0 Å². The Morgan fingerprint density at radius 3 is 2.72 bits per heavy atom. The largest absolute Gasteiger partial charge is 0.383 e. The van der Waals surface area contributed by atoms with Crippen LogP contribution < -0.4 is 10.6 Å². The first-order valence-electron chi connectivity index (χ1n) is 9.56. The van der Waals surface area contributed by atoms with E-state index in [1.54, 1.807) is 11.3 Å². The fraction of sp³-hybridized carbons (Fsp3) is 0.737. The predicted molar refractivity (Wildman–Crippen MR) is 107 cm³/mol. The highest BCUT2D eigenvalue weighted by Crippen LogP contribution is 2.25. The molecule has 1 fully saturated rings. The van der Waals surface area contributed by atoms with Gasteiger partial charge in [0.1, 0.15) is 5.60 Å². The predicted octanol–water partition coefficient (Wildman–Crippen LogP) is 2.63. The maximum Gasteiger partial charge on any atom is 0.191 e. The van der Waals surface area contributed by atoms with Gasteiger partial charge in [0.2, 0.25) is 0 Å². The second-order valence-corrected chi connectivity index (χ2v) is 8.06. The lowest BCUT2D eigenvalue weighted by molar-refractivity contribution is 0.0711. The zero-order valence-electron chi connectivity index (χ0n) is 15.9. The number of aliphatic imine (C=N–C) groups is 1. The van der Waals surface area contributed by atoms with Crippen LogP contribution in [-0.2, 0) is 5.60 Å². The maximum absolute atomic E-state index is 10.6. The molecule has 0 aliphatic carbocycles. The minimum atomic E-state index is -0.915. The van der Waals surface area contributed by atoms with Crippen molar-refractivity contribution in [2.45, 2.75) is 45.6 Å². The molecule has 5 nitrogen and oxygen atoms in total. The third-order valence-corrected chi connectivity index (χ3v) is 5.87. The Balaban J connectivity index is 1.82. The number of hydrogen-bond donors (Lipinski definition) is 3. The summed E-state index contributed by atoms with van der Waals surface area (Å²) in [6.45, 7) is 11.9. The summed E-state index contributed by atoms with van der Waals surface area (Å²) in [6.07, 6.45) is 3.74. The summed E-state index contributed by atoms with van der Waals surface area (Å²) in [6, 6.07) is 3.93. The van der Waals surface area contributed by atoms with E-state index in [1.165, 1.54) is 38.9 Å². The smallest absolute Gasteiger partial charge is 0.191 e. The molecule has 142 valence electrons. The van der Waals surface area contributed by atoms with Gasteiger partial charge in [0.05, 0.1) is 6.54 Å². The molecule has 2 rings (SSSR count). The summed E-state index contributed by atoms with van der Waals surface area (Å²) >= 11 is 1.57. The molecule has 3 N–H and O–H groups in total. The molecular formula is C19H34N4OS. The van der Waals surface area contributed by atoms with E-state index in [0.29, 0.717) is 12.5 Å². The monoisotopic (exact) mass is 366 g/mol. The molecule has 1 aromatic rings. The van der Waals surface area contributed by atoms with Crippen molar-refractivity contribution in [2.75, 3.05) is 39.3 Å². The second-order valence-electron chi connectivity index (χ2n) is 7.11. The first-order valence-corrected chi connectivity index (χ1v) is 10.4. The van der Waals surface area contributed by atoms with Gasteiger partial charge in [-0.05, 0) is 70.1 Å². The average molecular weight is 367 g/mol. The van der Waals surface area contributed by atoms with Gasteiger partial charge in [-0.1, -0.05) is 13.0 Å². The molecule has 1 atom stereocenters. The second kappa shape index (κ2) is 10.1. The molecule has 1 aliphatic heterocycles. The maximum atomic E-state index is 10.6. The topological polar surface area (TPSA) is 59.9 Å². The van der Waals surface area contributed by atoms with Crippen LogP contribution >= 0.6 is 11.3 Å². The van der Waals surface area contributed by atoms with Gasteiger partial charge < -0.3 is 20.6 Å². The van der Waals surface area contributed by atoms with Crippen molar-refractivity contribution in [3.63, 3.8) is 0 Å². The molecule has 0 bridgehead atoms. The van der Waals surface area contributed by atoms with E-state index in [1.807, 2.05) is 24.4 Å². The lowest BCUT2D eigenvalue weighted by Gasteiger charge is -2.32. The van der Waals surface area contributed by atoms with Gasteiger partial charge in [0.25, 0.3) is 0 Å². The molecule has 1 aromatic heterocycles. The highest BCUT2D eigenvalue weighted by atomic mass is 32.1. The van der Waals surface area contributed by atoms with Crippen molar-refractivity contribution in [3.8, 4) is 0 Å². The molecular weight excluding hydrogens is 332 g/mol. The summed E-state index contributed by atoms with van der Waals surface area (Å²) < 4.78 is 0. The van der Waals surface area contributed by atoms with Gasteiger partial charge in [-0.2, -0.15) is 0 Å². The van der Waals surface area contributed by atoms with Gasteiger partial charge in [-0.15, -0.1) is 11.3 Å². The molecule has 0 saturated carbocycles. The van der Waals surface area contributed by atoms with Crippen LogP contribution in [0, 0.1) is 5.92 Å². The summed E-state index contributed by atoms with van der Waals surface area (Å²) in [7, 11) is 0. The van der Waals surface area contributed by atoms with Crippen LogP contribution in [0.3, 0.4) is 0 Å². The summed E-state index contributed by atoms with van der Waals surface area (Å²) in [4.78, 5) is 8.13. The van der Waals surface area contributed by atoms with Crippen molar-refractivity contribution >= 4 is 17.3 Å².